The van der Waals surface area contributed by atoms with E-state index in [0.29, 0.717) is 16.8 Å². The van der Waals surface area contributed by atoms with Crippen molar-refractivity contribution in [3.8, 4) is 0 Å². The number of aliphatic hydroxyl groups is 1. The number of nitrogens with two attached hydrogens (primary N) is 1. The first kappa shape index (κ1) is 20.2. The van der Waals surface area contributed by atoms with E-state index < -0.39 is 27.6 Å². The zero-order valence-corrected chi connectivity index (χ0v) is 16.1. The molecule has 10 heteroatoms. The van der Waals surface area contributed by atoms with Crippen molar-refractivity contribution in [2.24, 2.45) is 5.14 Å². The van der Waals surface area contributed by atoms with Gasteiger partial charge in [-0.15, -0.1) is 0 Å². The lowest BCUT2D eigenvalue weighted by atomic mass is 10.1. The molecule has 1 aliphatic heterocycles. The molecular formula is C19H17N3O6S. The van der Waals surface area contributed by atoms with Crippen molar-refractivity contribution in [1.29, 1.82) is 0 Å². The fraction of sp³-hybridized carbons (Fsp3) is 0.105. The summed E-state index contributed by atoms with van der Waals surface area (Å²) in [5, 5.41) is 17.8. The Balaban J connectivity index is 1.82. The number of nitrogens with zero attached hydrogens (tertiary/aromatic N) is 1. The smallest absolute Gasteiger partial charge is 0.296 e. The second-order valence-electron chi connectivity index (χ2n) is 6.37. The van der Waals surface area contributed by atoms with Crippen molar-refractivity contribution >= 4 is 39.0 Å². The number of primary sulfonamides is 1. The molecule has 0 saturated carbocycles. The minimum Gasteiger partial charge on any atom is -0.502 e. The molecule has 1 heterocycles. The molecule has 1 aliphatic rings. The van der Waals surface area contributed by atoms with Crippen LogP contribution in [0, 0.1) is 0 Å². The Morgan fingerprint density at radius 1 is 1.03 bits per heavy atom. The number of hydrogen-bond acceptors (Lipinski definition) is 6. The molecule has 0 bridgehead atoms. The van der Waals surface area contributed by atoms with Crippen LogP contribution in [0.1, 0.15) is 18.1 Å². The monoisotopic (exact) mass is 415 g/mol. The zero-order valence-electron chi connectivity index (χ0n) is 15.2. The molecule has 0 aliphatic carbocycles. The molecule has 0 saturated heterocycles. The van der Waals surface area contributed by atoms with Crippen molar-refractivity contribution in [3.63, 3.8) is 0 Å². The molecular weight excluding hydrogens is 398 g/mol. The molecule has 4 N–H and O–H groups in total. The molecule has 29 heavy (non-hydrogen) atoms. The Morgan fingerprint density at radius 2 is 1.62 bits per heavy atom. The topological polar surface area (TPSA) is 147 Å². The molecule has 0 radical (unpaired) electrons. The third-order valence-corrected chi connectivity index (χ3v) is 5.16. The van der Waals surface area contributed by atoms with E-state index in [-0.39, 0.29) is 22.9 Å². The summed E-state index contributed by atoms with van der Waals surface area (Å²) < 4.78 is 22.6. The van der Waals surface area contributed by atoms with Gasteiger partial charge in [0.15, 0.2) is 5.76 Å². The Bertz CT molecular complexity index is 1140. The van der Waals surface area contributed by atoms with E-state index in [9.17, 15) is 27.9 Å². The summed E-state index contributed by atoms with van der Waals surface area (Å²) in [5.74, 6) is -2.48. The minimum atomic E-state index is -3.86. The van der Waals surface area contributed by atoms with Gasteiger partial charge in [0.25, 0.3) is 11.8 Å². The molecule has 9 nitrogen and oxygen atoms in total. The van der Waals surface area contributed by atoms with E-state index in [1.165, 1.54) is 43.3 Å². The molecule has 3 rings (SSSR count). The zero-order chi connectivity index (χ0) is 21.3. The second kappa shape index (κ2) is 7.49. The van der Waals surface area contributed by atoms with Gasteiger partial charge in [0, 0.05) is 12.6 Å². The fourth-order valence-electron chi connectivity index (χ4n) is 2.86. The summed E-state index contributed by atoms with van der Waals surface area (Å²) in [5.41, 5.74) is 1.16. The minimum absolute atomic E-state index is 0.0961. The molecule has 0 spiro atoms. The number of rotatable bonds is 5. The van der Waals surface area contributed by atoms with Gasteiger partial charge in [-0.3, -0.25) is 19.3 Å². The molecule has 0 aromatic heterocycles. The van der Waals surface area contributed by atoms with Crippen LogP contribution in [0.4, 0.5) is 5.69 Å². The van der Waals surface area contributed by atoms with Crippen LogP contribution in [-0.2, 0) is 31.0 Å². The number of hydrogen-bond donors (Lipinski definition) is 3. The van der Waals surface area contributed by atoms with E-state index >= 15 is 0 Å². The van der Waals surface area contributed by atoms with Gasteiger partial charge >= 0.3 is 0 Å². The maximum atomic E-state index is 12.7. The second-order valence-corrected chi connectivity index (χ2v) is 7.93. The van der Waals surface area contributed by atoms with Crippen LogP contribution >= 0.6 is 0 Å². The lowest BCUT2D eigenvalue weighted by Gasteiger charge is -2.15. The number of sulfonamides is 1. The number of nitrogens with one attached hydrogen (secondary N) is 1. The maximum absolute atomic E-state index is 12.7. The number of anilines is 1. The lowest BCUT2D eigenvalue weighted by Crippen LogP contribution is -2.31. The molecule has 0 unspecified atom stereocenters. The predicted molar refractivity (Wildman–Crippen MR) is 104 cm³/mol. The third-order valence-electron chi connectivity index (χ3n) is 4.23. The third kappa shape index (κ3) is 4.18. The molecule has 2 aromatic rings. The molecule has 2 aromatic carbocycles. The first-order valence-corrected chi connectivity index (χ1v) is 9.92. The highest BCUT2D eigenvalue weighted by atomic mass is 32.2. The van der Waals surface area contributed by atoms with Gasteiger partial charge < -0.3 is 10.4 Å². The summed E-state index contributed by atoms with van der Waals surface area (Å²) >= 11 is 0. The normalized spacial score (nSPS) is 14.5. The van der Waals surface area contributed by atoms with E-state index in [2.05, 4.69) is 5.32 Å². The van der Waals surface area contributed by atoms with Crippen molar-refractivity contribution in [3.05, 3.63) is 65.4 Å². The summed E-state index contributed by atoms with van der Waals surface area (Å²) in [6.45, 7) is 1.20. The summed E-state index contributed by atoms with van der Waals surface area (Å²) in [7, 11) is -3.86. The Hall–Kier alpha value is -3.50. The van der Waals surface area contributed by atoms with Crippen molar-refractivity contribution in [2.75, 3.05) is 5.32 Å². The number of imide groups is 1. The van der Waals surface area contributed by atoms with E-state index in [1.807, 2.05) is 0 Å². The average Bonchev–Trinajstić information content (AvgIpc) is 2.85. The van der Waals surface area contributed by atoms with Crippen molar-refractivity contribution in [2.45, 2.75) is 18.4 Å². The van der Waals surface area contributed by atoms with Crippen molar-refractivity contribution < 1.29 is 27.9 Å². The molecule has 3 amide bonds. The van der Waals surface area contributed by atoms with Gasteiger partial charge in [-0.25, -0.2) is 13.6 Å². The maximum Gasteiger partial charge on any atom is 0.296 e. The summed E-state index contributed by atoms with van der Waals surface area (Å²) in [6, 6.07) is 11.5. The Labute approximate surface area is 166 Å². The summed E-state index contributed by atoms with van der Waals surface area (Å²) in [6.07, 6.45) is 0. The fourth-order valence-corrected chi connectivity index (χ4v) is 3.37. The number of benzene rings is 2. The van der Waals surface area contributed by atoms with E-state index in [4.69, 9.17) is 5.14 Å². The SMILES string of the molecule is CC(=O)Nc1ccc(C2=C(O)C(=O)N(Cc3ccc(S(N)(=O)=O)cc3)C2=O)cc1. The molecule has 0 fully saturated rings. The van der Waals surface area contributed by atoms with Crippen LogP contribution in [0.5, 0.6) is 0 Å². The quantitative estimate of drug-likeness (QED) is 0.624. The lowest BCUT2D eigenvalue weighted by molar-refractivity contribution is -0.138. The number of amides is 3. The highest BCUT2D eigenvalue weighted by molar-refractivity contribution is 7.89. The van der Waals surface area contributed by atoms with Crippen LogP contribution < -0.4 is 10.5 Å². The molecule has 150 valence electrons. The highest BCUT2D eigenvalue weighted by Gasteiger charge is 2.39. The Kier molecular flexibility index (Phi) is 5.23. The van der Waals surface area contributed by atoms with Crippen LogP contribution in [0.15, 0.2) is 59.2 Å². The number of aliphatic hydroxyl groups excluding tert-OH is 1. The van der Waals surface area contributed by atoms with Gasteiger partial charge in [0.1, 0.15) is 0 Å². The number of carbonyl (C=O) groups is 3. The van der Waals surface area contributed by atoms with Gasteiger partial charge in [0.2, 0.25) is 15.9 Å². The van der Waals surface area contributed by atoms with Crippen LogP contribution in [-0.4, -0.2) is 36.1 Å². The highest BCUT2D eigenvalue weighted by Crippen LogP contribution is 2.30. The van der Waals surface area contributed by atoms with Crippen LogP contribution in [0.3, 0.4) is 0 Å². The first-order valence-electron chi connectivity index (χ1n) is 8.37. The van der Waals surface area contributed by atoms with Crippen molar-refractivity contribution in [1.82, 2.24) is 4.90 Å². The predicted octanol–water partition coefficient (Wildman–Crippen LogP) is 1.13. The average molecular weight is 415 g/mol. The number of carbonyl (C=O) groups excluding carboxylic acids is 3. The largest absolute Gasteiger partial charge is 0.502 e. The van der Waals surface area contributed by atoms with Crippen LogP contribution in [0.2, 0.25) is 0 Å². The summed E-state index contributed by atoms with van der Waals surface area (Å²) in [4.78, 5) is 36.9. The first-order chi connectivity index (χ1) is 13.6. The van der Waals surface area contributed by atoms with Gasteiger partial charge in [-0.05, 0) is 35.4 Å². The van der Waals surface area contributed by atoms with Crippen LogP contribution in [0.25, 0.3) is 5.57 Å². The van der Waals surface area contributed by atoms with E-state index in [0.717, 1.165) is 4.90 Å². The van der Waals surface area contributed by atoms with Gasteiger partial charge in [-0.1, -0.05) is 24.3 Å². The molecule has 0 atom stereocenters. The Morgan fingerprint density at radius 3 is 2.14 bits per heavy atom. The standard InChI is InChI=1S/C19H17N3O6S/c1-11(23)21-14-6-4-13(5-7-14)16-17(24)19(26)22(18(16)25)10-12-2-8-15(9-3-12)29(20,27)28/h2-9,24H,10H2,1H3,(H,21,23)(H2,20,27,28). The van der Waals surface area contributed by atoms with Gasteiger partial charge in [-0.2, -0.15) is 0 Å². The van der Waals surface area contributed by atoms with Gasteiger partial charge in [0.05, 0.1) is 17.0 Å². The van der Waals surface area contributed by atoms with E-state index in [1.54, 1.807) is 12.1 Å².